The average Bonchev–Trinajstić information content (AvgIpc) is 2.33. The summed E-state index contributed by atoms with van der Waals surface area (Å²) in [6, 6.07) is 6.66. The number of halogens is 2. The SMILES string of the molecule is O=C(Nc1ccc(Br)cn1)c1ccc(Cl)nc1. The van der Waals surface area contributed by atoms with Crippen molar-refractivity contribution in [2.75, 3.05) is 5.32 Å². The third-order valence-corrected chi connectivity index (χ3v) is 2.65. The van der Waals surface area contributed by atoms with E-state index in [1.165, 1.54) is 6.20 Å². The van der Waals surface area contributed by atoms with E-state index in [1.54, 1.807) is 30.5 Å². The van der Waals surface area contributed by atoms with Crippen molar-refractivity contribution in [2.45, 2.75) is 0 Å². The Bertz CT molecular complexity index is 527. The van der Waals surface area contributed by atoms with E-state index in [2.05, 4.69) is 31.2 Å². The molecule has 2 rings (SSSR count). The van der Waals surface area contributed by atoms with Gasteiger partial charge in [0, 0.05) is 16.9 Å². The molecule has 0 spiro atoms. The first-order chi connectivity index (χ1) is 8.15. The van der Waals surface area contributed by atoms with E-state index < -0.39 is 0 Å². The van der Waals surface area contributed by atoms with E-state index >= 15 is 0 Å². The number of nitrogens with one attached hydrogen (secondary N) is 1. The van der Waals surface area contributed by atoms with Gasteiger partial charge in [-0.3, -0.25) is 4.79 Å². The molecule has 6 heteroatoms. The van der Waals surface area contributed by atoms with Crippen LogP contribution in [0.15, 0.2) is 41.1 Å². The van der Waals surface area contributed by atoms with Crippen LogP contribution in [0.25, 0.3) is 0 Å². The second-order valence-electron chi connectivity index (χ2n) is 3.19. The van der Waals surface area contributed by atoms with Gasteiger partial charge >= 0.3 is 0 Å². The summed E-state index contributed by atoms with van der Waals surface area (Å²) >= 11 is 8.90. The molecular formula is C11H7BrClN3O. The molecule has 2 aromatic heterocycles. The molecule has 0 fully saturated rings. The number of nitrogens with zero attached hydrogens (tertiary/aromatic N) is 2. The fourth-order valence-electron chi connectivity index (χ4n) is 1.15. The highest BCUT2D eigenvalue weighted by Gasteiger charge is 2.06. The molecule has 4 nitrogen and oxygen atoms in total. The van der Waals surface area contributed by atoms with Crippen LogP contribution in [0.2, 0.25) is 5.15 Å². The second kappa shape index (κ2) is 5.25. The van der Waals surface area contributed by atoms with Crippen molar-refractivity contribution in [2.24, 2.45) is 0 Å². The summed E-state index contributed by atoms with van der Waals surface area (Å²) in [4.78, 5) is 19.6. The maximum absolute atomic E-state index is 11.8. The second-order valence-corrected chi connectivity index (χ2v) is 4.49. The zero-order valence-corrected chi connectivity index (χ0v) is 10.9. The van der Waals surface area contributed by atoms with Gasteiger partial charge in [-0.2, -0.15) is 0 Å². The molecule has 0 saturated carbocycles. The van der Waals surface area contributed by atoms with Crippen LogP contribution in [-0.2, 0) is 0 Å². The number of rotatable bonds is 2. The van der Waals surface area contributed by atoms with Crippen LogP contribution < -0.4 is 5.32 Å². The topological polar surface area (TPSA) is 54.9 Å². The number of pyridine rings is 2. The number of aromatic nitrogens is 2. The van der Waals surface area contributed by atoms with E-state index in [0.717, 1.165) is 4.47 Å². The minimum absolute atomic E-state index is 0.274. The van der Waals surface area contributed by atoms with Crippen molar-refractivity contribution in [1.29, 1.82) is 0 Å². The number of hydrogen-bond acceptors (Lipinski definition) is 3. The Balaban J connectivity index is 2.11. The summed E-state index contributed by atoms with van der Waals surface area (Å²) in [5.74, 6) is 0.206. The van der Waals surface area contributed by atoms with Crippen LogP contribution in [-0.4, -0.2) is 15.9 Å². The van der Waals surface area contributed by atoms with Crippen LogP contribution in [0, 0.1) is 0 Å². The molecule has 2 aromatic rings. The highest BCUT2D eigenvalue weighted by molar-refractivity contribution is 9.10. The van der Waals surface area contributed by atoms with E-state index in [1.807, 2.05) is 0 Å². The van der Waals surface area contributed by atoms with Crippen molar-refractivity contribution < 1.29 is 4.79 Å². The molecule has 86 valence electrons. The number of carbonyl (C=O) groups is 1. The zero-order chi connectivity index (χ0) is 12.3. The molecule has 17 heavy (non-hydrogen) atoms. The molecule has 0 radical (unpaired) electrons. The van der Waals surface area contributed by atoms with E-state index in [4.69, 9.17) is 11.6 Å². The van der Waals surface area contributed by atoms with Crippen molar-refractivity contribution in [3.63, 3.8) is 0 Å². The molecule has 0 aliphatic heterocycles. The maximum atomic E-state index is 11.8. The Labute approximate surface area is 111 Å². The molecular weight excluding hydrogens is 305 g/mol. The molecule has 0 aromatic carbocycles. The maximum Gasteiger partial charge on any atom is 0.258 e. The largest absolute Gasteiger partial charge is 0.307 e. The van der Waals surface area contributed by atoms with Crippen molar-refractivity contribution in [1.82, 2.24) is 9.97 Å². The molecule has 0 bridgehead atoms. The standard InChI is InChI=1S/C11H7BrClN3O/c12-8-2-4-10(15-6-8)16-11(17)7-1-3-9(13)14-5-7/h1-6H,(H,15,16,17). The van der Waals surface area contributed by atoms with Crippen molar-refractivity contribution >= 4 is 39.3 Å². The predicted molar refractivity (Wildman–Crippen MR) is 69.1 cm³/mol. The van der Waals surface area contributed by atoms with Crippen LogP contribution >= 0.6 is 27.5 Å². The Kier molecular flexibility index (Phi) is 3.71. The van der Waals surface area contributed by atoms with Gasteiger partial charge in [0.05, 0.1) is 5.56 Å². The normalized spacial score (nSPS) is 10.0. The molecule has 0 atom stereocenters. The average molecular weight is 313 g/mol. The first-order valence-electron chi connectivity index (χ1n) is 4.69. The van der Waals surface area contributed by atoms with Gasteiger partial charge in [-0.05, 0) is 40.2 Å². The number of anilines is 1. The highest BCUT2D eigenvalue weighted by Crippen LogP contribution is 2.12. The first-order valence-corrected chi connectivity index (χ1v) is 5.87. The fourth-order valence-corrected chi connectivity index (χ4v) is 1.49. The van der Waals surface area contributed by atoms with E-state index in [-0.39, 0.29) is 5.91 Å². The highest BCUT2D eigenvalue weighted by atomic mass is 79.9. The third-order valence-electron chi connectivity index (χ3n) is 1.96. The van der Waals surface area contributed by atoms with E-state index in [0.29, 0.717) is 16.5 Å². The van der Waals surface area contributed by atoms with Gasteiger partial charge in [-0.25, -0.2) is 9.97 Å². The van der Waals surface area contributed by atoms with Gasteiger partial charge < -0.3 is 5.32 Å². The summed E-state index contributed by atoms with van der Waals surface area (Å²) < 4.78 is 0.851. The van der Waals surface area contributed by atoms with Gasteiger partial charge in [0.1, 0.15) is 11.0 Å². The van der Waals surface area contributed by atoms with Gasteiger partial charge in [-0.15, -0.1) is 0 Å². The van der Waals surface area contributed by atoms with Crippen LogP contribution in [0.1, 0.15) is 10.4 Å². The zero-order valence-electron chi connectivity index (χ0n) is 8.52. The quantitative estimate of drug-likeness (QED) is 0.867. The molecule has 0 aliphatic carbocycles. The van der Waals surface area contributed by atoms with Crippen LogP contribution in [0.5, 0.6) is 0 Å². The summed E-state index contributed by atoms with van der Waals surface area (Å²) in [7, 11) is 0. The smallest absolute Gasteiger partial charge is 0.258 e. The molecule has 2 heterocycles. The fraction of sp³-hybridized carbons (Fsp3) is 0. The monoisotopic (exact) mass is 311 g/mol. The van der Waals surface area contributed by atoms with Crippen LogP contribution in [0.3, 0.4) is 0 Å². The summed E-state index contributed by atoms with van der Waals surface area (Å²) in [6.45, 7) is 0. The summed E-state index contributed by atoms with van der Waals surface area (Å²) in [5.41, 5.74) is 0.430. The first kappa shape index (κ1) is 12.0. The van der Waals surface area contributed by atoms with Crippen LogP contribution in [0.4, 0.5) is 5.82 Å². The van der Waals surface area contributed by atoms with Gasteiger partial charge in [0.2, 0.25) is 0 Å². The minimum Gasteiger partial charge on any atom is -0.307 e. The number of carbonyl (C=O) groups excluding carboxylic acids is 1. The number of hydrogen-bond donors (Lipinski definition) is 1. The van der Waals surface area contributed by atoms with Gasteiger partial charge in [0.25, 0.3) is 5.91 Å². The lowest BCUT2D eigenvalue weighted by Gasteiger charge is -2.03. The van der Waals surface area contributed by atoms with Gasteiger partial charge in [0.15, 0.2) is 0 Å². The molecule has 0 aliphatic rings. The Morgan fingerprint density at radius 2 is 2.00 bits per heavy atom. The summed E-state index contributed by atoms with van der Waals surface area (Å²) in [6.07, 6.45) is 3.02. The summed E-state index contributed by atoms with van der Waals surface area (Å²) in [5, 5.41) is 3.00. The van der Waals surface area contributed by atoms with Crippen molar-refractivity contribution in [3.05, 3.63) is 51.8 Å². The third kappa shape index (κ3) is 3.25. The Morgan fingerprint density at radius 3 is 2.59 bits per heavy atom. The molecule has 1 amide bonds. The Morgan fingerprint density at radius 1 is 1.18 bits per heavy atom. The lowest BCUT2D eigenvalue weighted by Crippen LogP contribution is -2.12. The predicted octanol–water partition coefficient (Wildman–Crippen LogP) is 3.14. The molecule has 1 N–H and O–H groups in total. The van der Waals surface area contributed by atoms with Crippen molar-refractivity contribution in [3.8, 4) is 0 Å². The molecule has 0 saturated heterocycles. The lowest BCUT2D eigenvalue weighted by atomic mass is 10.3. The lowest BCUT2D eigenvalue weighted by molar-refractivity contribution is 0.102. The molecule has 0 unspecified atom stereocenters. The van der Waals surface area contributed by atoms with Gasteiger partial charge in [-0.1, -0.05) is 11.6 Å². The Hall–Kier alpha value is -1.46. The number of amides is 1. The minimum atomic E-state index is -0.274. The van der Waals surface area contributed by atoms with E-state index in [9.17, 15) is 4.79 Å².